The fourth-order valence-corrected chi connectivity index (χ4v) is 4.64. The zero-order valence-electron chi connectivity index (χ0n) is 18.2. The largest absolute Gasteiger partial charge is 0.494 e. The molecule has 0 saturated carbocycles. The highest BCUT2D eigenvalue weighted by atomic mass is 32.2. The van der Waals surface area contributed by atoms with Gasteiger partial charge in [-0.3, -0.25) is 23.3 Å². The summed E-state index contributed by atoms with van der Waals surface area (Å²) < 4.78 is 4.96. The molecule has 0 radical (unpaired) electrons. The Bertz CT molecular complexity index is 1480. The Hall–Kier alpha value is -3.27. The van der Waals surface area contributed by atoms with E-state index in [1.54, 1.807) is 11.8 Å². The lowest BCUT2D eigenvalue weighted by atomic mass is 10.2. The van der Waals surface area contributed by atoms with E-state index in [2.05, 4.69) is 11.9 Å². The monoisotopic (exact) mass is 455 g/mol. The fraction of sp³-hybridized carbons (Fsp3) is 0.364. The van der Waals surface area contributed by atoms with Crippen molar-refractivity contribution < 1.29 is 5.11 Å². The SMILES string of the molecule is CCCSCCc1c(O)n(Cc2ccccc2)c2nc3c(c(=O)n(C)c(=O)n3C)n2c1=O. The quantitative estimate of drug-likeness (QED) is 0.424. The first-order valence-corrected chi connectivity index (χ1v) is 11.6. The van der Waals surface area contributed by atoms with Crippen LogP contribution in [0.2, 0.25) is 0 Å². The third-order valence-corrected chi connectivity index (χ3v) is 6.69. The normalized spacial score (nSPS) is 11.6. The number of aromatic hydroxyl groups is 1. The van der Waals surface area contributed by atoms with E-state index in [1.807, 2.05) is 30.3 Å². The molecule has 3 aromatic heterocycles. The van der Waals surface area contributed by atoms with E-state index < -0.39 is 16.8 Å². The average Bonchev–Trinajstić information content (AvgIpc) is 3.20. The summed E-state index contributed by atoms with van der Waals surface area (Å²) >= 11 is 1.70. The van der Waals surface area contributed by atoms with Crippen molar-refractivity contribution in [1.29, 1.82) is 0 Å². The van der Waals surface area contributed by atoms with Crippen LogP contribution in [0.5, 0.6) is 5.88 Å². The molecule has 3 heterocycles. The van der Waals surface area contributed by atoms with Gasteiger partial charge >= 0.3 is 5.69 Å². The number of benzene rings is 1. The number of aromatic nitrogens is 5. The molecule has 4 rings (SSSR count). The van der Waals surface area contributed by atoms with E-state index >= 15 is 0 Å². The maximum Gasteiger partial charge on any atom is 0.332 e. The number of rotatable bonds is 7. The third-order valence-electron chi connectivity index (χ3n) is 5.50. The molecule has 4 aromatic rings. The molecule has 1 aromatic carbocycles. The summed E-state index contributed by atoms with van der Waals surface area (Å²) in [6.07, 6.45) is 1.37. The van der Waals surface area contributed by atoms with Crippen LogP contribution in [0.3, 0.4) is 0 Å². The van der Waals surface area contributed by atoms with Gasteiger partial charge in [0.05, 0.1) is 12.1 Å². The van der Waals surface area contributed by atoms with Gasteiger partial charge in [0.15, 0.2) is 11.2 Å². The molecule has 0 amide bonds. The van der Waals surface area contributed by atoms with Crippen LogP contribution >= 0.6 is 11.8 Å². The number of aryl methyl sites for hydroxylation is 1. The van der Waals surface area contributed by atoms with Gasteiger partial charge in [0, 0.05) is 14.1 Å². The second kappa shape index (κ2) is 8.70. The predicted octanol–water partition coefficient (Wildman–Crippen LogP) is 1.49. The van der Waals surface area contributed by atoms with Crippen molar-refractivity contribution in [3.8, 4) is 5.88 Å². The maximum atomic E-state index is 13.5. The molecule has 32 heavy (non-hydrogen) atoms. The number of hydrogen-bond acceptors (Lipinski definition) is 6. The molecular formula is C22H25N5O4S. The van der Waals surface area contributed by atoms with Crippen LogP contribution in [0, 0.1) is 0 Å². The summed E-state index contributed by atoms with van der Waals surface area (Å²) in [7, 11) is 2.87. The summed E-state index contributed by atoms with van der Waals surface area (Å²) in [5, 5.41) is 11.1. The van der Waals surface area contributed by atoms with Crippen LogP contribution in [0.15, 0.2) is 44.7 Å². The molecule has 0 spiro atoms. The Morgan fingerprint density at radius 1 is 1.00 bits per heavy atom. The summed E-state index contributed by atoms with van der Waals surface area (Å²) in [4.78, 5) is 43.3. The Morgan fingerprint density at radius 2 is 1.72 bits per heavy atom. The Balaban J connectivity index is 2.06. The van der Waals surface area contributed by atoms with E-state index in [9.17, 15) is 19.5 Å². The van der Waals surface area contributed by atoms with Crippen molar-refractivity contribution in [1.82, 2.24) is 23.1 Å². The Labute approximate surface area is 187 Å². The van der Waals surface area contributed by atoms with E-state index in [-0.39, 0.29) is 34.9 Å². The standard InChI is InChI=1S/C22H25N5O4S/c1-4-11-32-12-10-15-18(28)26(13-14-8-6-5-7-9-14)21-23-17-16(27(21)19(15)29)20(30)25(3)22(31)24(17)2/h5-9,28H,4,10-13H2,1-3H3. The average molecular weight is 456 g/mol. The van der Waals surface area contributed by atoms with Crippen LogP contribution < -0.4 is 16.8 Å². The molecule has 9 nitrogen and oxygen atoms in total. The highest BCUT2D eigenvalue weighted by molar-refractivity contribution is 7.99. The first kappa shape index (κ1) is 21.9. The number of hydrogen-bond donors (Lipinski definition) is 1. The smallest absolute Gasteiger partial charge is 0.332 e. The molecule has 1 N–H and O–H groups in total. The van der Waals surface area contributed by atoms with Crippen molar-refractivity contribution in [2.45, 2.75) is 26.3 Å². The van der Waals surface area contributed by atoms with Crippen molar-refractivity contribution in [3.05, 3.63) is 72.7 Å². The molecule has 0 bridgehead atoms. The van der Waals surface area contributed by atoms with Gasteiger partial charge < -0.3 is 5.11 Å². The summed E-state index contributed by atoms with van der Waals surface area (Å²) in [5.74, 6) is 1.57. The van der Waals surface area contributed by atoms with Gasteiger partial charge in [-0.2, -0.15) is 16.7 Å². The molecular weight excluding hydrogens is 430 g/mol. The Kier molecular flexibility index (Phi) is 5.96. The number of imidazole rings is 1. The van der Waals surface area contributed by atoms with Crippen LogP contribution in [0.25, 0.3) is 16.9 Å². The minimum atomic E-state index is -0.601. The van der Waals surface area contributed by atoms with E-state index in [4.69, 9.17) is 0 Å². The fourth-order valence-electron chi connectivity index (χ4n) is 3.80. The Morgan fingerprint density at radius 3 is 2.41 bits per heavy atom. The third kappa shape index (κ3) is 3.54. The molecule has 0 fully saturated rings. The van der Waals surface area contributed by atoms with Crippen LogP contribution in [-0.2, 0) is 27.1 Å². The highest BCUT2D eigenvalue weighted by Crippen LogP contribution is 2.22. The van der Waals surface area contributed by atoms with Crippen LogP contribution in [0.4, 0.5) is 0 Å². The molecule has 0 atom stereocenters. The van der Waals surface area contributed by atoms with Gasteiger partial charge in [-0.1, -0.05) is 37.3 Å². The molecule has 168 valence electrons. The van der Waals surface area contributed by atoms with E-state index in [0.29, 0.717) is 12.2 Å². The highest BCUT2D eigenvalue weighted by Gasteiger charge is 2.24. The van der Waals surface area contributed by atoms with Crippen LogP contribution in [0.1, 0.15) is 24.5 Å². The van der Waals surface area contributed by atoms with Gasteiger partial charge in [-0.25, -0.2) is 9.20 Å². The zero-order valence-corrected chi connectivity index (χ0v) is 19.1. The minimum Gasteiger partial charge on any atom is -0.494 e. The van der Waals surface area contributed by atoms with Gasteiger partial charge in [0.2, 0.25) is 11.7 Å². The summed E-state index contributed by atoms with van der Waals surface area (Å²) in [6, 6.07) is 9.47. The minimum absolute atomic E-state index is 0.0267. The number of fused-ring (bicyclic) bond motifs is 3. The maximum absolute atomic E-state index is 13.5. The van der Waals surface area contributed by atoms with Gasteiger partial charge in [-0.15, -0.1) is 0 Å². The lowest BCUT2D eigenvalue weighted by Gasteiger charge is -2.14. The molecule has 10 heteroatoms. The summed E-state index contributed by atoms with van der Waals surface area (Å²) in [6.45, 7) is 2.34. The van der Waals surface area contributed by atoms with Gasteiger partial charge in [0.1, 0.15) is 0 Å². The van der Waals surface area contributed by atoms with E-state index in [0.717, 1.165) is 22.3 Å². The second-order valence-electron chi connectivity index (χ2n) is 7.67. The number of thioether (sulfide) groups is 1. The topological polar surface area (TPSA) is 104 Å². The molecule has 0 unspecified atom stereocenters. The van der Waals surface area contributed by atoms with Gasteiger partial charge in [0.25, 0.3) is 11.1 Å². The first-order chi connectivity index (χ1) is 15.4. The predicted molar refractivity (Wildman–Crippen MR) is 126 cm³/mol. The second-order valence-corrected chi connectivity index (χ2v) is 8.89. The molecule has 0 saturated heterocycles. The first-order valence-electron chi connectivity index (χ1n) is 10.4. The number of nitrogens with zero attached hydrogens (tertiary/aromatic N) is 5. The summed E-state index contributed by atoms with van der Waals surface area (Å²) in [5.41, 5.74) is -0.366. The van der Waals surface area contributed by atoms with Crippen LogP contribution in [-0.4, -0.2) is 39.7 Å². The zero-order chi connectivity index (χ0) is 23.0. The molecule has 0 aliphatic heterocycles. The molecule has 0 aliphatic rings. The van der Waals surface area contributed by atoms with Crippen molar-refractivity contribution in [3.63, 3.8) is 0 Å². The van der Waals surface area contributed by atoms with Crippen molar-refractivity contribution in [2.24, 2.45) is 14.1 Å². The van der Waals surface area contributed by atoms with Gasteiger partial charge in [-0.05, 0) is 29.9 Å². The van der Waals surface area contributed by atoms with E-state index in [1.165, 1.54) is 27.6 Å². The van der Waals surface area contributed by atoms with Crippen molar-refractivity contribution >= 4 is 28.7 Å². The lowest BCUT2D eigenvalue weighted by Crippen LogP contribution is -2.38. The van der Waals surface area contributed by atoms with Crippen molar-refractivity contribution in [2.75, 3.05) is 11.5 Å². The lowest BCUT2D eigenvalue weighted by molar-refractivity contribution is 0.412. The molecule has 0 aliphatic carbocycles.